The molecular formula is C11H11NO5. The van der Waals surface area contributed by atoms with Crippen LogP contribution in [-0.4, -0.2) is 33.3 Å². The summed E-state index contributed by atoms with van der Waals surface area (Å²) in [6, 6.07) is 4.57. The maximum atomic E-state index is 11.1. The minimum atomic E-state index is -1.88. The van der Waals surface area contributed by atoms with Gasteiger partial charge in [0.1, 0.15) is 6.10 Å². The minimum Gasteiger partial charge on any atom is -0.479 e. The smallest absolute Gasteiger partial charge is 0.335 e. The van der Waals surface area contributed by atoms with Crippen LogP contribution in [0.25, 0.3) is 0 Å². The van der Waals surface area contributed by atoms with Crippen molar-refractivity contribution in [3.05, 3.63) is 29.3 Å². The fourth-order valence-electron chi connectivity index (χ4n) is 1.75. The molecule has 6 heteroatoms. The molecule has 17 heavy (non-hydrogen) atoms. The van der Waals surface area contributed by atoms with Crippen molar-refractivity contribution in [1.82, 2.24) is 0 Å². The fraction of sp³-hybridized carbons (Fsp3) is 0.273. The molecule has 1 aliphatic heterocycles. The van der Waals surface area contributed by atoms with E-state index in [0.717, 1.165) is 0 Å². The average molecular weight is 237 g/mol. The second-order valence-electron chi connectivity index (χ2n) is 3.87. The van der Waals surface area contributed by atoms with Gasteiger partial charge in [0.2, 0.25) is 5.91 Å². The van der Waals surface area contributed by atoms with Crippen LogP contribution in [0.5, 0.6) is 0 Å². The maximum Gasteiger partial charge on any atom is 0.335 e. The number of carbonyl (C=O) groups excluding carboxylic acids is 1. The summed E-state index contributed by atoms with van der Waals surface area (Å²) in [6.45, 7) is 0. The number of nitrogens with one attached hydrogen (secondary N) is 1. The fourth-order valence-corrected chi connectivity index (χ4v) is 1.75. The van der Waals surface area contributed by atoms with Crippen LogP contribution in [-0.2, 0) is 16.0 Å². The van der Waals surface area contributed by atoms with Crippen LogP contribution in [0.2, 0.25) is 0 Å². The number of carboxylic acid groups (broad SMARTS) is 1. The summed E-state index contributed by atoms with van der Waals surface area (Å²) in [4.78, 5) is 21.6. The number of aliphatic hydroxyl groups is 2. The van der Waals surface area contributed by atoms with Crippen molar-refractivity contribution < 1.29 is 24.9 Å². The Labute approximate surface area is 96.5 Å². The third kappa shape index (κ3) is 2.13. The van der Waals surface area contributed by atoms with Gasteiger partial charge in [-0.25, -0.2) is 4.79 Å². The Kier molecular flexibility index (Phi) is 2.83. The Morgan fingerprint density at radius 2 is 2.06 bits per heavy atom. The van der Waals surface area contributed by atoms with E-state index in [1.807, 2.05) is 0 Å². The Hall–Kier alpha value is -1.92. The standard InChI is InChI=1S/C11H11NO5/c13-8-4-6-3-5(1-2-7(6)12-8)9(14)10(15)11(16)17/h1-3,9-10,14-15H,4H2,(H,12,13)(H,16,17). The lowest BCUT2D eigenvalue weighted by atomic mass is 10.0. The normalized spacial score (nSPS) is 17.2. The highest BCUT2D eigenvalue weighted by Crippen LogP contribution is 2.27. The van der Waals surface area contributed by atoms with Gasteiger partial charge in [-0.2, -0.15) is 0 Å². The van der Waals surface area contributed by atoms with Gasteiger partial charge < -0.3 is 20.6 Å². The maximum absolute atomic E-state index is 11.1. The molecule has 0 fully saturated rings. The summed E-state index contributed by atoms with van der Waals surface area (Å²) >= 11 is 0. The molecule has 0 radical (unpaired) electrons. The number of amides is 1. The van der Waals surface area contributed by atoms with Crippen molar-refractivity contribution in [2.75, 3.05) is 5.32 Å². The molecule has 0 aromatic heterocycles. The first kappa shape index (κ1) is 11.6. The number of hydrogen-bond acceptors (Lipinski definition) is 4. The highest BCUT2D eigenvalue weighted by atomic mass is 16.4. The van der Waals surface area contributed by atoms with Crippen molar-refractivity contribution in [2.45, 2.75) is 18.6 Å². The number of aliphatic hydroxyl groups excluding tert-OH is 2. The molecule has 1 aliphatic rings. The molecule has 2 rings (SSSR count). The number of rotatable bonds is 3. The SMILES string of the molecule is O=C1Cc2cc(C(O)C(O)C(=O)O)ccc2N1. The highest BCUT2D eigenvalue weighted by molar-refractivity contribution is 5.99. The van der Waals surface area contributed by atoms with E-state index in [4.69, 9.17) is 5.11 Å². The van der Waals surface area contributed by atoms with E-state index in [0.29, 0.717) is 11.3 Å². The van der Waals surface area contributed by atoms with Crippen molar-refractivity contribution in [3.63, 3.8) is 0 Å². The van der Waals surface area contributed by atoms with Crippen LogP contribution in [0.3, 0.4) is 0 Å². The third-order valence-corrected chi connectivity index (χ3v) is 2.65. The number of carbonyl (C=O) groups is 2. The van der Waals surface area contributed by atoms with E-state index in [1.54, 1.807) is 6.07 Å². The second kappa shape index (κ2) is 4.15. The lowest BCUT2D eigenvalue weighted by Crippen LogP contribution is -2.27. The van der Waals surface area contributed by atoms with Gasteiger partial charge in [0, 0.05) is 5.69 Å². The molecule has 0 aliphatic carbocycles. The van der Waals surface area contributed by atoms with E-state index in [-0.39, 0.29) is 17.9 Å². The van der Waals surface area contributed by atoms with Crippen molar-refractivity contribution >= 4 is 17.6 Å². The Morgan fingerprint density at radius 1 is 1.35 bits per heavy atom. The summed E-state index contributed by atoms with van der Waals surface area (Å²) in [5.41, 5.74) is 1.61. The zero-order chi connectivity index (χ0) is 12.6. The van der Waals surface area contributed by atoms with Crippen molar-refractivity contribution in [3.8, 4) is 0 Å². The van der Waals surface area contributed by atoms with Gasteiger partial charge in [-0.3, -0.25) is 4.79 Å². The lowest BCUT2D eigenvalue weighted by molar-refractivity contribution is -0.153. The van der Waals surface area contributed by atoms with Gasteiger partial charge in [0.05, 0.1) is 6.42 Å². The average Bonchev–Trinajstić information content (AvgIpc) is 2.65. The Morgan fingerprint density at radius 3 is 2.71 bits per heavy atom. The van der Waals surface area contributed by atoms with Gasteiger partial charge in [0.15, 0.2) is 6.10 Å². The van der Waals surface area contributed by atoms with Crippen molar-refractivity contribution in [1.29, 1.82) is 0 Å². The summed E-state index contributed by atoms with van der Waals surface area (Å²) < 4.78 is 0. The predicted octanol–water partition coefficient (Wildman–Crippen LogP) is -0.340. The van der Waals surface area contributed by atoms with Crippen LogP contribution in [0, 0.1) is 0 Å². The first-order chi connectivity index (χ1) is 7.99. The summed E-state index contributed by atoms with van der Waals surface area (Å²) in [7, 11) is 0. The summed E-state index contributed by atoms with van der Waals surface area (Å²) in [5, 5.41) is 30.0. The first-order valence-corrected chi connectivity index (χ1v) is 5.00. The van der Waals surface area contributed by atoms with Gasteiger partial charge in [-0.15, -0.1) is 0 Å². The van der Waals surface area contributed by atoms with E-state index in [9.17, 15) is 19.8 Å². The van der Waals surface area contributed by atoms with E-state index in [1.165, 1.54) is 12.1 Å². The molecule has 2 unspecified atom stereocenters. The van der Waals surface area contributed by atoms with Crippen molar-refractivity contribution in [2.24, 2.45) is 0 Å². The van der Waals surface area contributed by atoms with Gasteiger partial charge in [-0.1, -0.05) is 12.1 Å². The Bertz CT molecular complexity index is 485. The van der Waals surface area contributed by atoms with E-state index < -0.39 is 18.2 Å². The zero-order valence-electron chi connectivity index (χ0n) is 8.75. The van der Waals surface area contributed by atoms with Gasteiger partial charge >= 0.3 is 5.97 Å². The molecule has 2 atom stereocenters. The number of aliphatic carboxylic acids is 1. The van der Waals surface area contributed by atoms with Gasteiger partial charge in [-0.05, 0) is 17.2 Å². The third-order valence-electron chi connectivity index (χ3n) is 2.65. The molecule has 0 saturated heterocycles. The van der Waals surface area contributed by atoms with E-state index in [2.05, 4.69) is 5.32 Å². The zero-order valence-corrected chi connectivity index (χ0v) is 8.75. The minimum absolute atomic E-state index is 0.148. The molecule has 0 bridgehead atoms. The molecule has 1 amide bonds. The molecule has 1 aromatic rings. The van der Waals surface area contributed by atoms with Gasteiger partial charge in [0.25, 0.3) is 0 Å². The molecular weight excluding hydrogens is 226 g/mol. The van der Waals surface area contributed by atoms with Crippen LogP contribution >= 0.6 is 0 Å². The molecule has 0 spiro atoms. The predicted molar refractivity (Wildman–Crippen MR) is 57.4 cm³/mol. The highest BCUT2D eigenvalue weighted by Gasteiger charge is 2.27. The molecule has 90 valence electrons. The van der Waals surface area contributed by atoms with Crippen LogP contribution in [0.15, 0.2) is 18.2 Å². The lowest BCUT2D eigenvalue weighted by Gasteiger charge is -2.15. The molecule has 1 heterocycles. The molecule has 6 nitrogen and oxygen atoms in total. The quantitative estimate of drug-likeness (QED) is 0.575. The molecule has 0 saturated carbocycles. The van der Waals surface area contributed by atoms with Crippen LogP contribution in [0.1, 0.15) is 17.2 Å². The second-order valence-corrected chi connectivity index (χ2v) is 3.87. The Balaban J connectivity index is 2.27. The molecule has 4 N–H and O–H groups in total. The molecule has 1 aromatic carbocycles. The van der Waals surface area contributed by atoms with Crippen LogP contribution in [0.4, 0.5) is 5.69 Å². The topological polar surface area (TPSA) is 107 Å². The summed E-state index contributed by atoms with van der Waals surface area (Å²) in [5.74, 6) is -1.64. The first-order valence-electron chi connectivity index (χ1n) is 5.00. The number of anilines is 1. The number of fused-ring (bicyclic) bond motifs is 1. The van der Waals surface area contributed by atoms with E-state index >= 15 is 0 Å². The number of hydrogen-bond donors (Lipinski definition) is 4. The summed E-state index contributed by atoms with van der Waals surface area (Å²) in [6.07, 6.45) is -3.19. The monoisotopic (exact) mass is 237 g/mol. The van der Waals surface area contributed by atoms with Crippen LogP contribution < -0.4 is 5.32 Å². The largest absolute Gasteiger partial charge is 0.479 e. The number of carboxylic acids is 1. The number of benzene rings is 1.